The maximum Gasteiger partial charge on any atom is 0.0622 e. The van der Waals surface area contributed by atoms with E-state index in [1.807, 2.05) is 0 Å². The normalized spacial score (nSPS) is 34.6. The van der Waals surface area contributed by atoms with Gasteiger partial charge in [0.1, 0.15) is 0 Å². The summed E-state index contributed by atoms with van der Waals surface area (Å²) in [4.78, 5) is 2.45. The molecule has 2 fully saturated rings. The molecule has 0 aliphatic carbocycles. The molecule has 0 amide bonds. The standard InChI is InChI=1S/C10H20N2O/c1-12(10-4-6-13-8-10)7-9-3-2-5-11-9/h9-11H,2-8H2,1H3. The van der Waals surface area contributed by atoms with Gasteiger partial charge in [-0.3, -0.25) is 4.90 Å². The smallest absolute Gasteiger partial charge is 0.0622 e. The van der Waals surface area contributed by atoms with Crippen LogP contribution < -0.4 is 5.32 Å². The monoisotopic (exact) mass is 184 g/mol. The summed E-state index contributed by atoms with van der Waals surface area (Å²) in [6.45, 7) is 4.28. The molecule has 2 heterocycles. The topological polar surface area (TPSA) is 24.5 Å². The van der Waals surface area contributed by atoms with Gasteiger partial charge in [0.05, 0.1) is 6.61 Å². The fourth-order valence-electron chi connectivity index (χ4n) is 2.28. The maximum atomic E-state index is 5.38. The Balaban J connectivity index is 1.73. The Kier molecular flexibility index (Phi) is 3.19. The number of likely N-dealkylation sites (N-methyl/N-ethyl adjacent to an activating group) is 1. The first-order valence-corrected chi connectivity index (χ1v) is 5.37. The van der Waals surface area contributed by atoms with E-state index in [0.717, 1.165) is 19.3 Å². The third-order valence-corrected chi connectivity index (χ3v) is 3.20. The highest BCUT2D eigenvalue weighted by Gasteiger charge is 2.23. The van der Waals surface area contributed by atoms with Crippen LogP contribution in [0.4, 0.5) is 0 Å². The number of hydrogen-bond acceptors (Lipinski definition) is 3. The van der Waals surface area contributed by atoms with Crippen molar-refractivity contribution >= 4 is 0 Å². The van der Waals surface area contributed by atoms with E-state index in [0.29, 0.717) is 6.04 Å². The molecule has 0 bridgehead atoms. The molecule has 1 N–H and O–H groups in total. The van der Waals surface area contributed by atoms with Crippen molar-refractivity contribution in [1.82, 2.24) is 10.2 Å². The molecular formula is C10H20N2O. The van der Waals surface area contributed by atoms with Gasteiger partial charge < -0.3 is 10.1 Å². The lowest BCUT2D eigenvalue weighted by Gasteiger charge is -2.25. The Morgan fingerprint density at radius 1 is 1.46 bits per heavy atom. The van der Waals surface area contributed by atoms with Crippen molar-refractivity contribution in [3.63, 3.8) is 0 Å². The Morgan fingerprint density at radius 3 is 3.00 bits per heavy atom. The van der Waals surface area contributed by atoms with Crippen LogP contribution in [0.2, 0.25) is 0 Å². The highest BCUT2D eigenvalue weighted by Crippen LogP contribution is 2.13. The number of rotatable bonds is 3. The van der Waals surface area contributed by atoms with Gasteiger partial charge in [0, 0.05) is 25.2 Å². The largest absolute Gasteiger partial charge is 0.380 e. The first-order valence-electron chi connectivity index (χ1n) is 5.37. The molecular weight excluding hydrogens is 164 g/mol. The molecule has 2 unspecified atom stereocenters. The first-order chi connectivity index (χ1) is 6.36. The van der Waals surface area contributed by atoms with Gasteiger partial charge in [0.15, 0.2) is 0 Å². The van der Waals surface area contributed by atoms with Gasteiger partial charge >= 0.3 is 0 Å². The van der Waals surface area contributed by atoms with Crippen LogP contribution in [-0.4, -0.2) is 50.3 Å². The number of nitrogens with zero attached hydrogens (tertiary/aromatic N) is 1. The third kappa shape index (κ3) is 2.42. The number of ether oxygens (including phenoxy) is 1. The first kappa shape index (κ1) is 9.44. The summed E-state index contributed by atoms with van der Waals surface area (Å²) in [6, 6.07) is 1.40. The van der Waals surface area contributed by atoms with Gasteiger partial charge in [-0.15, -0.1) is 0 Å². The summed E-state index contributed by atoms with van der Waals surface area (Å²) in [5, 5.41) is 3.53. The molecule has 3 nitrogen and oxygen atoms in total. The van der Waals surface area contributed by atoms with Gasteiger partial charge in [0.2, 0.25) is 0 Å². The molecule has 0 aromatic carbocycles. The van der Waals surface area contributed by atoms with Crippen molar-refractivity contribution in [2.75, 3.05) is 33.4 Å². The van der Waals surface area contributed by atoms with Gasteiger partial charge in [-0.2, -0.15) is 0 Å². The third-order valence-electron chi connectivity index (χ3n) is 3.20. The van der Waals surface area contributed by atoms with Gasteiger partial charge in [-0.1, -0.05) is 0 Å². The molecule has 2 saturated heterocycles. The van der Waals surface area contributed by atoms with Crippen LogP contribution in [0.3, 0.4) is 0 Å². The van der Waals surface area contributed by atoms with E-state index in [-0.39, 0.29) is 0 Å². The second-order valence-electron chi connectivity index (χ2n) is 4.25. The molecule has 0 aromatic rings. The van der Waals surface area contributed by atoms with E-state index in [4.69, 9.17) is 4.74 Å². The molecule has 3 heteroatoms. The predicted octanol–water partition coefficient (Wildman–Crippen LogP) is 0.459. The molecule has 0 spiro atoms. The Labute approximate surface area is 80.4 Å². The summed E-state index contributed by atoms with van der Waals surface area (Å²) < 4.78 is 5.38. The molecule has 76 valence electrons. The SMILES string of the molecule is CN(CC1CCCN1)C1CCOC1. The van der Waals surface area contributed by atoms with E-state index < -0.39 is 0 Å². The van der Waals surface area contributed by atoms with Crippen molar-refractivity contribution in [2.45, 2.75) is 31.3 Å². The van der Waals surface area contributed by atoms with Crippen LogP contribution in [0, 0.1) is 0 Å². The van der Waals surface area contributed by atoms with Crippen LogP contribution in [0.1, 0.15) is 19.3 Å². The minimum Gasteiger partial charge on any atom is -0.380 e. The van der Waals surface area contributed by atoms with Crippen molar-refractivity contribution in [3.05, 3.63) is 0 Å². The maximum absolute atomic E-state index is 5.38. The second kappa shape index (κ2) is 4.40. The highest BCUT2D eigenvalue weighted by molar-refractivity contribution is 4.81. The van der Waals surface area contributed by atoms with E-state index in [1.165, 1.54) is 32.4 Å². The minimum atomic E-state index is 0.669. The molecule has 2 rings (SSSR count). The second-order valence-corrected chi connectivity index (χ2v) is 4.25. The molecule has 0 saturated carbocycles. The molecule has 13 heavy (non-hydrogen) atoms. The number of nitrogens with one attached hydrogen (secondary N) is 1. The van der Waals surface area contributed by atoms with Crippen LogP contribution in [0.5, 0.6) is 0 Å². The molecule has 2 atom stereocenters. The van der Waals surface area contributed by atoms with Gasteiger partial charge in [-0.25, -0.2) is 0 Å². The van der Waals surface area contributed by atoms with Crippen molar-refractivity contribution in [2.24, 2.45) is 0 Å². The van der Waals surface area contributed by atoms with Crippen LogP contribution in [-0.2, 0) is 4.74 Å². The average Bonchev–Trinajstić information content (AvgIpc) is 2.74. The van der Waals surface area contributed by atoms with Crippen molar-refractivity contribution < 1.29 is 4.74 Å². The Morgan fingerprint density at radius 2 is 2.38 bits per heavy atom. The zero-order chi connectivity index (χ0) is 9.10. The summed E-state index contributed by atoms with van der Waals surface area (Å²) in [6.07, 6.45) is 3.90. The molecule has 2 aliphatic heterocycles. The summed E-state index contributed by atoms with van der Waals surface area (Å²) in [5.74, 6) is 0. The molecule has 2 aliphatic rings. The number of hydrogen-bond donors (Lipinski definition) is 1. The highest BCUT2D eigenvalue weighted by atomic mass is 16.5. The fraction of sp³-hybridized carbons (Fsp3) is 1.00. The molecule has 0 radical (unpaired) electrons. The minimum absolute atomic E-state index is 0.669. The van der Waals surface area contributed by atoms with Crippen LogP contribution in [0.15, 0.2) is 0 Å². The predicted molar refractivity (Wildman–Crippen MR) is 52.9 cm³/mol. The van der Waals surface area contributed by atoms with E-state index in [1.54, 1.807) is 0 Å². The lowest BCUT2D eigenvalue weighted by Crippen LogP contribution is -2.41. The summed E-state index contributed by atoms with van der Waals surface area (Å²) >= 11 is 0. The van der Waals surface area contributed by atoms with Gasteiger partial charge in [-0.05, 0) is 32.9 Å². The average molecular weight is 184 g/mol. The zero-order valence-electron chi connectivity index (χ0n) is 8.46. The molecule has 0 aromatic heterocycles. The Hall–Kier alpha value is -0.120. The van der Waals surface area contributed by atoms with Crippen LogP contribution >= 0.6 is 0 Å². The summed E-state index contributed by atoms with van der Waals surface area (Å²) in [5.41, 5.74) is 0. The lowest BCUT2D eigenvalue weighted by atomic mass is 10.2. The van der Waals surface area contributed by atoms with E-state index in [9.17, 15) is 0 Å². The summed E-state index contributed by atoms with van der Waals surface area (Å²) in [7, 11) is 2.22. The fourth-order valence-corrected chi connectivity index (χ4v) is 2.28. The Bertz CT molecular complexity index is 151. The van der Waals surface area contributed by atoms with Crippen molar-refractivity contribution in [3.8, 4) is 0 Å². The van der Waals surface area contributed by atoms with Crippen LogP contribution in [0.25, 0.3) is 0 Å². The zero-order valence-corrected chi connectivity index (χ0v) is 8.46. The van der Waals surface area contributed by atoms with E-state index >= 15 is 0 Å². The van der Waals surface area contributed by atoms with E-state index in [2.05, 4.69) is 17.3 Å². The van der Waals surface area contributed by atoms with Crippen molar-refractivity contribution in [1.29, 1.82) is 0 Å². The van der Waals surface area contributed by atoms with Gasteiger partial charge in [0.25, 0.3) is 0 Å². The quantitative estimate of drug-likeness (QED) is 0.689. The lowest BCUT2D eigenvalue weighted by molar-refractivity contribution is 0.154.